The zero-order valence-electron chi connectivity index (χ0n) is 12.3. The lowest BCUT2D eigenvalue weighted by atomic mass is 9.96. The van der Waals surface area contributed by atoms with Gasteiger partial charge in [0.15, 0.2) is 5.78 Å². The molecule has 0 saturated heterocycles. The number of hydrogen-bond donors (Lipinski definition) is 1. The van der Waals surface area contributed by atoms with Gasteiger partial charge in [0.05, 0.1) is 6.61 Å². The van der Waals surface area contributed by atoms with Crippen LogP contribution in [0.3, 0.4) is 0 Å². The maximum atomic E-state index is 12.0. The number of ketones is 1. The van der Waals surface area contributed by atoms with E-state index >= 15 is 0 Å². The van der Waals surface area contributed by atoms with Crippen molar-refractivity contribution < 1.29 is 19.4 Å². The third-order valence-electron chi connectivity index (χ3n) is 3.05. The molecule has 0 aliphatic carbocycles. The number of rotatable bonds is 8. The Morgan fingerprint density at radius 3 is 2.50 bits per heavy atom. The summed E-state index contributed by atoms with van der Waals surface area (Å²) in [5.74, 6) is 0.191. The van der Waals surface area contributed by atoms with Crippen molar-refractivity contribution in [3.8, 4) is 5.75 Å². The molecule has 20 heavy (non-hydrogen) atoms. The number of carboxylic acids is 1. The first-order chi connectivity index (χ1) is 9.45. The van der Waals surface area contributed by atoms with E-state index < -0.39 is 5.97 Å². The maximum Gasteiger partial charge on any atom is 0.303 e. The van der Waals surface area contributed by atoms with Gasteiger partial charge in [-0.15, -0.1) is 0 Å². The number of benzene rings is 1. The molecule has 0 aromatic heterocycles. The average molecular weight is 278 g/mol. The standard InChI is InChI=1S/C16H22O4/c1-4-20-15-9-8-12(10-13(15)11(2)3)14(17)6-5-7-16(18)19/h8-11H,4-7H2,1-3H3,(H,18,19). The molecular weight excluding hydrogens is 256 g/mol. The minimum atomic E-state index is -0.868. The molecule has 0 saturated carbocycles. The second kappa shape index (κ2) is 7.68. The molecule has 1 aromatic rings. The van der Waals surface area contributed by atoms with Gasteiger partial charge in [0.2, 0.25) is 0 Å². The van der Waals surface area contributed by atoms with Crippen molar-refractivity contribution in [3.63, 3.8) is 0 Å². The van der Waals surface area contributed by atoms with E-state index in [1.807, 2.05) is 19.1 Å². The number of Topliss-reactive ketones (excluding diaryl/α,β-unsaturated/α-hetero) is 1. The summed E-state index contributed by atoms with van der Waals surface area (Å²) in [6, 6.07) is 5.43. The summed E-state index contributed by atoms with van der Waals surface area (Å²) in [6.45, 7) is 6.62. The van der Waals surface area contributed by atoms with Crippen LogP contribution in [0.25, 0.3) is 0 Å². The average Bonchev–Trinajstić information content (AvgIpc) is 2.38. The van der Waals surface area contributed by atoms with Crippen LogP contribution in [-0.4, -0.2) is 23.5 Å². The van der Waals surface area contributed by atoms with Crippen molar-refractivity contribution in [2.75, 3.05) is 6.61 Å². The van der Waals surface area contributed by atoms with Crippen LogP contribution in [0.15, 0.2) is 18.2 Å². The Morgan fingerprint density at radius 2 is 1.95 bits per heavy atom. The number of ether oxygens (including phenoxy) is 1. The van der Waals surface area contributed by atoms with Crippen LogP contribution < -0.4 is 4.74 Å². The van der Waals surface area contributed by atoms with Gasteiger partial charge in [-0.05, 0) is 43.0 Å². The zero-order chi connectivity index (χ0) is 15.1. The molecule has 110 valence electrons. The smallest absolute Gasteiger partial charge is 0.303 e. The van der Waals surface area contributed by atoms with Crippen LogP contribution in [0.4, 0.5) is 0 Å². The quantitative estimate of drug-likeness (QED) is 0.737. The summed E-state index contributed by atoms with van der Waals surface area (Å²) in [5.41, 5.74) is 1.64. The number of carboxylic acid groups (broad SMARTS) is 1. The summed E-state index contributed by atoms with van der Waals surface area (Å²) in [7, 11) is 0. The van der Waals surface area contributed by atoms with E-state index in [0.29, 0.717) is 18.6 Å². The first-order valence-corrected chi connectivity index (χ1v) is 6.97. The van der Waals surface area contributed by atoms with Crippen molar-refractivity contribution in [3.05, 3.63) is 29.3 Å². The molecule has 4 nitrogen and oxygen atoms in total. The van der Waals surface area contributed by atoms with Crippen LogP contribution in [0.1, 0.15) is 61.9 Å². The lowest BCUT2D eigenvalue weighted by Crippen LogP contribution is -2.05. The largest absolute Gasteiger partial charge is 0.494 e. The Labute approximate surface area is 119 Å². The van der Waals surface area contributed by atoms with E-state index in [0.717, 1.165) is 11.3 Å². The molecule has 0 unspecified atom stereocenters. The van der Waals surface area contributed by atoms with E-state index in [1.165, 1.54) is 0 Å². The highest BCUT2D eigenvalue weighted by Crippen LogP contribution is 2.28. The predicted molar refractivity (Wildman–Crippen MR) is 77.5 cm³/mol. The monoisotopic (exact) mass is 278 g/mol. The molecule has 0 fully saturated rings. The topological polar surface area (TPSA) is 63.6 Å². The predicted octanol–water partition coefficient (Wildman–Crippen LogP) is 3.65. The second-order valence-corrected chi connectivity index (χ2v) is 5.01. The number of aliphatic carboxylic acids is 1. The molecule has 1 rings (SSSR count). The van der Waals surface area contributed by atoms with Gasteiger partial charge >= 0.3 is 5.97 Å². The Bertz CT molecular complexity index is 477. The number of hydrogen-bond acceptors (Lipinski definition) is 3. The molecule has 0 aliphatic rings. The van der Waals surface area contributed by atoms with Crippen LogP contribution in [0.5, 0.6) is 5.75 Å². The summed E-state index contributed by atoms with van der Waals surface area (Å²) >= 11 is 0. The Balaban J connectivity index is 2.82. The van der Waals surface area contributed by atoms with Gasteiger partial charge in [0.25, 0.3) is 0 Å². The van der Waals surface area contributed by atoms with E-state index in [2.05, 4.69) is 13.8 Å². The van der Waals surface area contributed by atoms with Gasteiger partial charge in [0.1, 0.15) is 5.75 Å². The van der Waals surface area contributed by atoms with E-state index in [-0.39, 0.29) is 24.5 Å². The van der Waals surface area contributed by atoms with Crippen LogP contribution >= 0.6 is 0 Å². The fraction of sp³-hybridized carbons (Fsp3) is 0.500. The zero-order valence-corrected chi connectivity index (χ0v) is 12.3. The van der Waals surface area contributed by atoms with E-state index in [9.17, 15) is 9.59 Å². The molecule has 0 bridgehead atoms. The lowest BCUT2D eigenvalue weighted by molar-refractivity contribution is -0.137. The second-order valence-electron chi connectivity index (χ2n) is 5.01. The Morgan fingerprint density at radius 1 is 1.25 bits per heavy atom. The molecule has 0 radical (unpaired) electrons. The maximum absolute atomic E-state index is 12.0. The molecule has 1 aromatic carbocycles. The first-order valence-electron chi connectivity index (χ1n) is 6.97. The van der Waals surface area contributed by atoms with E-state index in [1.54, 1.807) is 6.07 Å². The fourth-order valence-electron chi connectivity index (χ4n) is 2.00. The van der Waals surface area contributed by atoms with Crippen molar-refractivity contribution in [2.45, 2.75) is 46.0 Å². The molecule has 0 atom stereocenters. The SMILES string of the molecule is CCOc1ccc(C(=O)CCCC(=O)O)cc1C(C)C. The van der Waals surface area contributed by atoms with Crippen LogP contribution in [0.2, 0.25) is 0 Å². The summed E-state index contributed by atoms with van der Waals surface area (Å²) in [6.07, 6.45) is 0.663. The molecule has 0 aliphatic heterocycles. The van der Waals surface area contributed by atoms with Gasteiger partial charge in [-0.2, -0.15) is 0 Å². The Hall–Kier alpha value is -1.84. The highest BCUT2D eigenvalue weighted by atomic mass is 16.5. The van der Waals surface area contributed by atoms with Crippen molar-refractivity contribution >= 4 is 11.8 Å². The van der Waals surface area contributed by atoms with Gasteiger partial charge in [-0.1, -0.05) is 13.8 Å². The minimum absolute atomic E-state index is 0.0174. The highest BCUT2D eigenvalue weighted by Gasteiger charge is 2.13. The third kappa shape index (κ3) is 4.68. The van der Waals surface area contributed by atoms with Crippen molar-refractivity contribution in [1.82, 2.24) is 0 Å². The van der Waals surface area contributed by atoms with Gasteiger partial charge < -0.3 is 9.84 Å². The van der Waals surface area contributed by atoms with E-state index in [4.69, 9.17) is 9.84 Å². The van der Waals surface area contributed by atoms with Crippen molar-refractivity contribution in [1.29, 1.82) is 0 Å². The minimum Gasteiger partial charge on any atom is -0.494 e. The van der Waals surface area contributed by atoms with Crippen molar-refractivity contribution in [2.24, 2.45) is 0 Å². The fourth-order valence-corrected chi connectivity index (χ4v) is 2.00. The molecule has 0 amide bonds. The number of carbonyl (C=O) groups is 2. The summed E-state index contributed by atoms with van der Waals surface area (Å²) in [5, 5.41) is 8.58. The first kappa shape index (κ1) is 16.2. The number of carbonyl (C=O) groups excluding carboxylic acids is 1. The van der Waals surface area contributed by atoms with Gasteiger partial charge in [0, 0.05) is 18.4 Å². The van der Waals surface area contributed by atoms with Gasteiger partial charge in [-0.3, -0.25) is 9.59 Å². The Kier molecular flexibility index (Phi) is 6.22. The molecule has 0 heterocycles. The molecule has 0 spiro atoms. The molecular formula is C16H22O4. The summed E-state index contributed by atoms with van der Waals surface area (Å²) < 4.78 is 5.56. The highest BCUT2D eigenvalue weighted by molar-refractivity contribution is 5.96. The summed E-state index contributed by atoms with van der Waals surface area (Å²) in [4.78, 5) is 22.5. The lowest BCUT2D eigenvalue weighted by Gasteiger charge is -2.14. The normalized spacial score (nSPS) is 10.6. The van der Waals surface area contributed by atoms with Gasteiger partial charge in [-0.25, -0.2) is 0 Å². The molecule has 1 N–H and O–H groups in total. The van der Waals surface area contributed by atoms with Crippen LogP contribution in [0, 0.1) is 0 Å². The molecule has 4 heteroatoms. The van der Waals surface area contributed by atoms with Crippen LogP contribution in [-0.2, 0) is 4.79 Å². The third-order valence-corrected chi connectivity index (χ3v) is 3.05.